The number of benzene rings is 1. The van der Waals surface area contributed by atoms with Gasteiger partial charge < -0.3 is 4.74 Å². The highest BCUT2D eigenvalue weighted by Gasteiger charge is 2.35. The summed E-state index contributed by atoms with van der Waals surface area (Å²) in [6.07, 6.45) is 1.46. The summed E-state index contributed by atoms with van der Waals surface area (Å²) < 4.78 is 65.4. The monoisotopic (exact) mass is 566 g/mol. The van der Waals surface area contributed by atoms with Gasteiger partial charge in [-0.1, -0.05) is 59.7 Å². The van der Waals surface area contributed by atoms with E-state index in [2.05, 4.69) is 28.6 Å². The van der Waals surface area contributed by atoms with Gasteiger partial charge in [0.1, 0.15) is 0 Å². The molecule has 0 unspecified atom stereocenters. The molecule has 0 aliphatic carbocycles. The molecule has 0 aliphatic rings. The zero-order chi connectivity index (χ0) is 30.0. The van der Waals surface area contributed by atoms with Gasteiger partial charge in [0.15, 0.2) is 9.84 Å². The molecular weight excluding hydrogens is 529 g/mol. The van der Waals surface area contributed by atoms with Crippen molar-refractivity contribution in [1.82, 2.24) is 9.97 Å². The first-order valence-electron chi connectivity index (χ1n) is 12.3. The maximum absolute atomic E-state index is 12.8. The Morgan fingerprint density at radius 3 is 1.85 bits per heavy atom. The lowest BCUT2D eigenvalue weighted by atomic mass is 10.0. The zero-order valence-corrected chi connectivity index (χ0v) is 24.4. The van der Waals surface area contributed by atoms with Gasteiger partial charge in [-0.3, -0.25) is 9.97 Å². The largest absolute Gasteiger partial charge is 0.465 e. The van der Waals surface area contributed by atoms with Gasteiger partial charge in [0.05, 0.1) is 28.8 Å². The van der Waals surface area contributed by atoms with Gasteiger partial charge in [-0.25, -0.2) is 13.2 Å². The molecule has 2 heterocycles. The molecule has 0 aliphatic heterocycles. The van der Waals surface area contributed by atoms with E-state index >= 15 is 0 Å². The first-order valence-corrected chi connectivity index (χ1v) is 14.2. The number of hydrogen-bond donors (Lipinski definition) is 0. The average Bonchev–Trinajstić information content (AvgIpc) is 2.88. The Hall–Kier alpha value is -3.27. The van der Waals surface area contributed by atoms with Gasteiger partial charge >= 0.3 is 12.1 Å². The summed E-state index contributed by atoms with van der Waals surface area (Å²) in [4.78, 5) is 19.2. The van der Waals surface area contributed by atoms with E-state index in [-0.39, 0.29) is 23.1 Å². The molecule has 39 heavy (non-hydrogen) atoms. The predicted octanol–water partition coefficient (Wildman–Crippen LogP) is 7.43. The Morgan fingerprint density at radius 1 is 0.897 bits per heavy atom. The number of carbonyl (C=O) groups excluding carboxylic acids is 1. The lowest BCUT2D eigenvalue weighted by molar-refractivity contribution is -0.138. The minimum absolute atomic E-state index is 0.0786. The maximum Gasteiger partial charge on any atom is 0.418 e. The van der Waals surface area contributed by atoms with E-state index in [4.69, 9.17) is 0 Å². The summed E-state index contributed by atoms with van der Waals surface area (Å²) in [7, 11) is -1.98. The Morgan fingerprint density at radius 2 is 1.46 bits per heavy atom. The number of aromatic nitrogens is 2. The lowest BCUT2D eigenvalue weighted by Gasteiger charge is -2.15. The number of pyridine rings is 2. The molecule has 0 saturated carbocycles. The molecule has 0 N–H and O–H groups in total. The second kappa shape index (κ2) is 14.8. The van der Waals surface area contributed by atoms with Gasteiger partial charge in [0, 0.05) is 24.8 Å². The molecule has 3 aromatic rings. The summed E-state index contributed by atoms with van der Waals surface area (Å²) in [6, 6.07) is 12.0. The van der Waals surface area contributed by atoms with Crippen molar-refractivity contribution in [2.24, 2.45) is 0 Å². The molecule has 0 radical (unpaired) electrons. The number of carbonyl (C=O) groups is 1. The highest BCUT2D eigenvalue weighted by atomic mass is 32.2. The number of nitrogens with zero attached hydrogens (tertiary/aromatic N) is 2. The summed E-state index contributed by atoms with van der Waals surface area (Å²) in [5, 5.41) is 0. The standard InChI is InChI=1S/C11H12F3NO2.C10H14O2S.C8H11N/c1-6(2)9-8(11(12,13)14)4-7(5-15-9)10(16)17-3;1-8(2)9-6-4-5-7-10(9)13(3,11)12;1-7(2)8-3-5-9-6-4-8/h4-6H,1-3H3;4-8H,1-3H3;3-7H,1-2H3. The van der Waals surface area contributed by atoms with Crippen LogP contribution in [-0.4, -0.2) is 37.7 Å². The number of methoxy groups -OCH3 is 1. The Bertz CT molecular complexity index is 1310. The van der Waals surface area contributed by atoms with Crippen molar-refractivity contribution in [1.29, 1.82) is 0 Å². The van der Waals surface area contributed by atoms with Gasteiger partial charge in [0.2, 0.25) is 0 Å². The van der Waals surface area contributed by atoms with Crippen LogP contribution in [0.15, 0.2) is 66.0 Å². The van der Waals surface area contributed by atoms with E-state index in [9.17, 15) is 26.4 Å². The van der Waals surface area contributed by atoms with Crippen LogP contribution in [0.2, 0.25) is 0 Å². The molecule has 0 amide bonds. The highest BCUT2D eigenvalue weighted by Crippen LogP contribution is 2.34. The van der Waals surface area contributed by atoms with Crippen molar-refractivity contribution in [2.75, 3.05) is 13.4 Å². The molecule has 0 bridgehead atoms. The van der Waals surface area contributed by atoms with Crippen molar-refractivity contribution < 1.29 is 31.1 Å². The second-order valence-corrected chi connectivity index (χ2v) is 11.7. The minimum atomic E-state index is -4.53. The number of sulfone groups is 1. The Labute approximate surface area is 229 Å². The van der Waals surface area contributed by atoms with Gasteiger partial charge in [0.25, 0.3) is 0 Å². The molecule has 10 heteroatoms. The number of hydrogen-bond acceptors (Lipinski definition) is 6. The molecule has 1 aromatic carbocycles. The number of ether oxygens (including phenoxy) is 1. The fourth-order valence-corrected chi connectivity index (χ4v) is 4.49. The predicted molar refractivity (Wildman–Crippen MR) is 147 cm³/mol. The number of rotatable bonds is 5. The van der Waals surface area contributed by atoms with Crippen molar-refractivity contribution in [3.05, 3.63) is 89.0 Å². The number of halogens is 3. The lowest BCUT2D eigenvalue weighted by Crippen LogP contribution is -2.14. The SMILES string of the molecule is CC(C)c1ccccc1S(C)(=O)=O.CC(C)c1ccncc1.COC(=O)c1cnc(C(C)C)c(C(F)(F)F)c1. The van der Waals surface area contributed by atoms with E-state index in [1.807, 2.05) is 50.5 Å². The van der Waals surface area contributed by atoms with Crippen molar-refractivity contribution in [3.63, 3.8) is 0 Å². The van der Waals surface area contributed by atoms with E-state index < -0.39 is 27.5 Å². The quantitative estimate of drug-likeness (QED) is 0.299. The zero-order valence-electron chi connectivity index (χ0n) is 23.6. The molecule has 0 atom stereocenters. The number of alkyl halides is 3. The third-order valence-corrected chi connectivity index (χ3v) is 6.68. The van der Waals surface area contributed by atoms with Gasteiger partial charge in [-0.05, 0) is 53.1 Å². The molecular formula is C29H37F3N2O4S. The second-order valence-electron chi connectivity index (χ2n) is 9.70. The van der Waals surface area contributed by atoms with E-state index in [0.29, 0.717) is 10.8 Å². The van der Waals surface area contributed by atoms with Crippen LogP contribution in [0.3, 0.4) is 0 Å². The molecule has 0 spiro atoms. The van der Waals surface area contributed by atoms with Crippen molar-refractivity contribution >= 4 is 15.8 Å². The fraction of sp³-hybridized carbons (Fsp3) is 0.414. The summed E-state index contributed by atoms with van der Waals surface area (Å²) in [5.74, 6) is -0.351. The maximum atomic E-state index is 12.8. The first-order chi connectivity index (χ1) is 18.0. The van der Waals surface area contributed by atoms with Crippen LogP contribution in [0.1, 0.15) is 92.0 Å². The Kier molecular flexibility index (Phi) is 12.8. The fourth-order valence-electron chi connectivity index (χ4n) is 3.44. The third-order valence-electron chi connectivity index (χ3n) is 5.51. The van der Waals surface area contributed by atoms with Crippen LogP contribution in [0, 0.1) is 0 Å². The molecule has 2 aromatic heterocycles. The van der Waals surface area contributed by atoms with Crippen LogP contribution < -0.4 is 0 Å². The summed E-state index contributed by atoms with van der Waals surface area (Å²) >= 11 is 0. The van der Waals surface area contributed by atoms with Crippen molar-refractivity contribution in [3.8, 4) is 0 Å². The normalized spacial score (nSPS) is 11.4. The number of esters is 1. The minimum Gasteiger partial charge on any atom is -0.465 e. The molecule has 0 saturated heterocycles. The van der Waals surface area contributed by atoms with E-state index in [1.54, 1.807) is 26.0 Å². The van der Waals surface area contributed by atoms with Crippen LogP contribution in [-0.2, 0) is 20.8 Å². The molecule has 0 fully saturated rings. The van der Waals surface area contributed by atoms with Crippen molar-refractivity contribution in [2.45, 2.75) is 70.4 Å². The average molecular weight is 567 g/mol. The molecule has 3 rings (SSSR count). The van der Waals surface area contributed by atoms with Crippen LogP contribution in [0.4, 0.5) is 13.2 Å². The van der Waals surface area contributed by atoms with E-state index in [0.717, 1.165) is 24.9 Å². The Balaban J connectivity index is 0.000000307. The van der Waals surface area contributed by atoms with Crippen LogP contribution in [0.25, 0.3) is 0 Å². The molecule has 6 nitrogen and oxygen atoms in total. The summed E-state index contributed by atoms with van der Waals surface area (Å²) in [6.45, 7) is 11.5. The molecule has 214 valence electrons. The summed E-state index contributed by atoms with van der Waals surface area (Å²) in [5.41, 5.74) is 1.07. The third kappa shape index (κ3) is 10.8. The van der Waals surface area contributed by atoms with Gasteiger partial charge in [-0.2, -0.15) is 13.2 Å². The highest BCUT2D eigenvalue weighted by molar-refractivity contribution is 7.90. The topological polar surface area (TPSA) is 86.2 Å². The van der Waals surface area contributed by atoms with E-state index in [1.165, 1.54) is 11.8 Å². The smallest absolute Gasteiger partial charge is 0.418 e. The van der Waals surface area contributed by atoms with Crippen LogP contribution in [0.5, 0.6) is 0 Å². The first kappa shape index (κ1) is 33.8. The van der Waals surface area contributed by atoms with Gasteiger partial charge in [-0.15, -0.1) is 0 Å². The van der Waals surface area contributed by atoms with Crippen LogP contribution >= 0.6 is 0 Å².